The molecule has 0 unspecified atom stereocenters. The number of ether oxygens (including phenoxy) is 1. The summed E-state index contributed by atoms with van der Waals surface area (Å²) in [5, 5.41) is 0. The molecular weight excluding hydrogens is 106 g/mol. The van der Waals surface area contributed by atoms with Gasteiger partial charge in [-0.05, 0) is 6.08 Å². The Labute approximate surface area is 46.7 Å². The monoisotopic (exact) mass is 111 g/mol. The van der Waals surface area contributed by atoms with Gasteiger partial charge in [0, 0.05) is 0 Å². The fraction of sp³-hybridized carbons (Fsp3) is 0.200. The first kappa shape index (κ1) is 5.03. The Kier molecular flexibility index (Phi) is 1.12. The predicted octanol–water partition coefficient (Wildman–Crippen LogP) is 0.764. The third kappa shape index (κ3) is 0.753. The van der Waals surface area contributed by atoms with Crippen molar-refractivity contribution in [1.29, 1.82) is 0 Å². The van der Waals surface area contributed by atoms with Crippen LogP contribution in [0.25, 0.3) is 0 Å². The Morgan fingerprint density at radius 2 is 2.62 bits per heavy atom. The molecule has 0 fully saturated rings. The zero-order chi connectivity index (χ0) is 5.98. The summed E-state index contributed by atoms with van der Waals surface area (Å²) in [5.74, 6) is 0. The predicted molar refractivity (Wildman–Crippen MR) is 29.0 cm³/mol. The molecule has 3 nitrogen and oxygen atoms in total. The van der Waals surface area contributed by atoms with Gasteiger partial charge in [-0.2, -0.15) is 4.99 Å². The second-order valence-electron chi connectivity index (χ2n) is 1.36. The summed E-state index contributed by atoms with van der Waals surface area (Å²) in [6.07, 6.45) is 0.991. The third-order valence-corrected chi connectivity index (χ3v) is 0.814. The molecule has 1 rings (SSSR count). The molecule has 0 saturated carbocycles. The van der Waals surface area contributed by atoms with E-state index in [9.17, 15) is 4.79 Å². The van der Waals surface area contributed by atoms with E-state index in [1.165, 1.54) is 6.08 Å². The number of cyclic esters (lactones) is 1. The van der Waals surface area contributed by atoms with Gasteiger partial charge in [0.25, 0.3) is 0 Å². The molecule has 1 amide bonds. The van der Waals surface area contributed by atoms with Gasteiger partial charge in [-0.1, -0.05) is 6.58 Å². The quantitative estimate of drug-likeness (QED) is 0.501. The molecular formula is C5H5NO2. The van der Waals surface area contributed by atoms with Crippen LogP contribution in [0.2, 0.25) is 0 Å². The smallest absolute Gasteiger partial charge is 0.434 e. The first-order chi connectivity index (χ1) is 3.83. The lowest BCUT2D eigenvalue weighted by atomic mass is 10.4. The van der Waals surface area contributed by atoms with Crippen LogP contribution >= 0.6 is 0 Å². The summed E-state index contributed by atoms with van der Waals surface area (Å²) in [6, 6.07) is 0. The number of rotatable bonds is 1. The van der Waals surface area contributed by atoms with E-state index < -0.39 is 6.09 Å². The molecule has 0 bridgehead atoms. The minimum absolute atomic E-state index is 0.280. The van der Waals surface area contributed by atoms with E-state index in [4.69, 9.17) is 0 Å². The van der Waals surface area contributed by atoms with E-state index in [1.54, 1.807) is 0 Å². The maximum absolute atomic E-state index is 10.2. The van der Waals surface area contributed by atoms with Gasteiger partial charge < -0.3 is 4.74 Å². The van der Waals surface area contributed by atoms with E-state index in [1.807, 2.05) is 0 Å². The van der Waals surface area contributed by atoms with Crippen molar-refractivity contribution in [2.75, 3.05) is 6.61 Å². The van der Waals surface area contributed by atoms with Crippen molar-refractivity contribution in [3.63, 3.8) is 0 Å². The largest absolute Gasteiger partial charge is 0.441 e. The topological polar surface area (TPSA) is 38.7 Å². The van der Waals surface area contributed by atoms with E-state index in [0.717, 1.165) is 0 Å². The van der Waals surface area contributed by atoms with Crippen molar-refractivity contribution in [2.45, 2.75) is 0 Å². The maximum atomic E-state index is 10.2. The Bertz CT molecular complexity index is 160. The van der Waals surface area contributed by atoms with Gasteiger partial charge in [0.05, 0.1) is 5.71 Å². The molecule has 1 aliphatic rings. The highest BCUT2D eigenvalue weighted by molar-refractivity contribution is 6.05. The summed E-state index contributed by atoms with van der Waals surface area (Å²) in [5.41, 5.74) is 0.606. The highest BCUT2D eigenvalue weighted by atomic mass is 16.6. The highest BCUT2D eigenvalue weighted by Crippen LogP contribution is 1.96. The summed E-state index contributed by atoms with van der Waals surface area (Å²) in [7, 11) is 0. The molecule has 0 aromatic heterocycles. The summed E-state index contributed by atoms with van der Waals surface area (Å²) < 4.78 is 4.44. The van der Waals surface area contributed by atoms with Gasteiger partial charge in [-0.3, -0.25) is 0 Å². The van der Waals surface area contributed by atoms with Crippen LogP contribution in [-0.4, -0.2) is 18.4 Å². The zero-order valence-electron chi connectivity index (χ0n) is 4.26. The van der Waals surface area contributed by atoms with Crippen LogP contribution in [0.15, 0.2) is 17.6 Å². The molecule has 42 valence electrons. The van der Waals surface area contributed by atoms with Crippen LogP contribution in [0.4, 0.5) is 4.79 Å². The first-order valence-electron chi connectivity index (χ1n) is 2.19. The van der Waals surface area contributed by atoms with Crippen molar-refractivity contribution >= 4 is 11.8 Å². The molecule has 1 aliphatic heterocycles. The second-order valence-corrected chi connectivity index (χ2v) is 1.36. The molecule has 8 heavy (non-hydrogen) atoms. The average molecular weight is 111 g/mol. The molecule has 0 N–H and O–H groups in total. The molecule has 0 atom stereocenters. The average Bonchev–Trinajstić information content (AvgIpc) is 2.14. The number of nitrogens with zero attached hydrogens (tertiary/aromatic N) is 1. The van der Waals surface area contributed by atoms with Crippen LogP contribution < -0.4 is 0 Å². The molecule has 0 spiro atoms. The van der Waals surface area contributed by atoms with Gasteiger partial charge in [-0.25, -0.2) is 4.79 Å². The zero-order valence-corrected chi connectivity index (χ0v) is 4.26. The fourth-order valence-corrected chi connectivity index (χ4v) is 0.422. The number of hydrogen-bond acceptors (Lipinski definition) is 2. The lowest BCUT2D eigenvalue weighted by molar-refractivity contribution is 0.181. The van der Waals surface area contributed by atoms with Crippen LogP contribution in [0.3, 0.4) is 0 Å². The molecule has 0 aromatic carbocycles. The van der Waals surface area contributed by atoms with Gasteiger partial charge in [0.2, 0.25) is 0 Å². The van der Waals surface area contributed by atoms with Crippen molar-refractivity contribution in [1.82, 2.24) is 0 Å². The fourth-order valence-electron chi connectivity index (χ4n) is 0.422. The third-order valence-electron chi connectivity index (χ3n) is 0.814. The lowest BCUT2D eigenvalue weighted by Crippen LogP contribution is -1.94. The number of hydrogen-bond donors (Lipinski definition) is 0. The van der Waals surface area contributed by atoms with Crippen LogP contribution in [-0.2, 0) is 4.74 Å². The molecule has 3 heteroatoms. The summed E-state index contributed by atoms with van der Waals surface area (Å²) >= 11 is 0. The normalized spacial score (nSPS) is 17.5. The molecule has 0 aliphatic carbocycles. The van der Waals surface area contributed by atoms with Crippen LogP contribution in [0.5, 0.6) is 0 Å². The van der Waals surface area contributed by atoms with E-state index >= 15 is 0 Å². The van der Waals surface area contributed by atoms with Gasteiger partial charge in [0.15, 0.2) is 0 Å². The molecule has 0 saturated heterocycles. The SMILES string of the molecule is C=CC1=NC(=O)OC1. The van der Waals surface area contributed by atoms with Crippen molar-refractivity contribution < 1.29 is 9.53 Å². The van der Waals surface area contributed by atoms with E-state index in [2.05, 4.69) is 16.3 Å². The maximum Gasteiger partial charge on any atom is 0.434 e. The number of aliphatic imine (C=N–C) groups is 1. The molecule has 0 aromatic rings. The Hall–Kier alpha value is -1.12. The van der Waals surface area contributed by atoms with E-state index in [-0.39, 0.29) is 6.61 Å². The number of amides is 1. The van der Waals surface area contributed by atoms with Gasteiger partial charge in [-0.15, -0.1) is 0 Å². The summed E-state index contributed by atoms with van der Waals surface area (Å²) in [6.45, 7) is 3.69. The van der Waals surface area contributed by atoms with Gasteiger partial charge in [0.1, 0.15) is 6.61 Å². The van der Waals surface area contributed by atoms with Crippen LogP contribution in [0.1, 0.15) is 0 Å². The minimum Gasteiger partial charge on any atom is -0.441 e. The second kappa shape index (κ2) is 1.78. The van der Waals surface area contributed by atoms with E-state index in [0.29, 0.717) is 5.71 Å². The van der Waals surface area contributed by atoms with Gasteiger partial charge >= 0.3 is 6.09 Å². The van der Waals surface area contributed by atoms with Crippen LogP contribution in [0, 0.1) is 0 Å². The number of carbonyl (C=O) groups excluding carboxylic acids is 1. The molecule has 1 heterocycles. The Morgan fingerprint density at radius 3 is 2.88 bits per heavy atom. The Morgan fingerprint density at radius 1 is 1.88 bits per heavy atom. The standard InChI is InChI=1S/C5H5NO2/c1-2-4-3-8-5(7)6-4/h2H,1,3H2. The molecule has 0 radical (unpaired) electrons. The number of carbonyl (C=O) groups is 1. The highest BCUT2D eigenvalue weighted by Gasteiger charge is 2.10. The lowest BCUT2D eigenvalue weighted by Gasteiger charge is -1.82. The van der Waals surface area contributed by atoms with Crippen molar-refractivity contribution in [3.8, 4) is 0 Å². The van der Waals surface area contributed by atoms with Crippen molar-refractivity contribution in [2.24, 2.45) is 4.99 Å². The Balaban J connectivity index is 2.70. The minimum atomic E-state index is -0.514. The van der Waals surface area contributed by atoms with Crippen molar-refractivity contribution in [3.05, 3.63) is 12.7 Å². The summed E-state index contributed by atoms with van der Waals surface area (Å²) in [4.78, 5) is 13.6. The first-order valence-corrected chi connectivity index (χ1v) is 2.19.